The highest BCUT2D eigenvalue weighted by Crippen LogP contribution is 2.27. The average Bonchev–Trinajstić information content (AvgIpc) is 2.65. The van der Waals surface area contributed by atoms with E-state index in [-0.39, 0.29) is 6.04 Å². The summed E-state index contributed by atoms with van der Waals surface area (Å²) in [6.07, 6.45) is 8.31. The van der Waals surface area contributed by atoms with Crippen molar-refractivity contribution in [1.29, 1.82) is 0 Å². The van der Waals surface area contributed by atoms with E-state index in [4.69, 9.17) is 10.8 Å². The third-order valence-electron chi connectivity index (χ3n) is 3.93. The van der Waals surface area contributed by atoms with Crippen LogP contribution in [0.1, 0.15) is 63.4 Å². The summed E-state index contributed by atoms with van der Waals surface area (Å²) in [5.41, 5.74) is 8.88. The van der Waals surface area contributed by atoms with Gasteiger partial charge in [0.05, 0.1) is 11.7 Å². The Bertz CT molecular complexity index is 356. The third-order valence-corrected chi connectivity index (χ3v) is 3.93. The number of hydrogen-bond donors (Lipinski definition) is 1. The Kier molecular flexibility index (Phi) is 4.21. The molecule has 1 fully saturated rings. The van der Waals surface area contributed by atoms with Crippen LogP contribution in [-0.4, -0.2) is 15.8 Å². The molecule has 1 aromatic heterocycles. The fourth-order valence-corrected chi connectivity index (χ4v) is 2.83. The average molecular weight is 235 g/mol. The van der Waals surface area contributed by atoms with E-state index in [1.807, 2.05) is 0 Å². The van der Waals surface area contributed by atoms with Gasteiger partial charge < -0.3 is 5.73 Å². The zero-order valence-electron chi connectivity index (χ0n) is 11.2. The van der Waals surface area contributed by atoms with Gasteiger partial charge in [-0.15, -0.1) is 0 Å². The van der Waals surface area contributed by atoms with Gasteiger partial charge in [-0.05, 0) is 31.7 Å². The summed E-state index contributed by atoms with van der Waals surface area (Å²) in [6.45, 7) is 4.37. The van der Waals surface area contributed by atoms with E-state index in [0.717, 1.165) is 19.3 Å². The minimum absolute atomic E-state index is 0.285. The van der Waals surface area contributed by atoms with Crippen molar-refractivity contribution in [1.82, 2.24) is 9.78 Å². The molecule has 1 aliphatic rings. The van der Waals surface area contributed by atoms with Crippen LogP contribution in [0.15, 0.2) is 6.07 Å². The van der Waals surface area contributed by atoms with Crippen LogP contribution in [0.5, 0.6) is 0 Å². The van der Waals surface area contributed by atoms with Crippen LogP contribution in [0.3, 0.4) is 0 Å². The second-order valence-electron chi connectivity index (χ2n) is 5.15. The van der Waals surface area contributed by atoms with Gasteiger partial charge in [-0.2, -0.15) is 5.10 Å². The highest BCUT2D eigenvalue weighted by molar-refractivity contribution is 5.12. The van der Waals surface area contributed by atoms with Crippen LogP contribution in [0, 0.1) is 0 Å². The van der Waals surface area contributed by atoms with Crippen molar-refractivity contribution < 1.29 is 0 Å². The molecule has 2 atom stereocenters. The zero-order chi connectivity index (χ0) is 12.3. The van der Waals surface area contributed by atoms with Crippen LogP contribution < -0.4 is 5.73 Å². The molecule has 2 N–H and O–H groups in total. The first-order valence-corrected chi connectivity index (χ1v) is 7.09. The van der Waals surface area contributed by atoms with Crippen molar-refractivity contribution in [3.63, 3.8) is 0 Å². The minimum atomic E-state index is 0.285. The van der Waals surface area contributed by atoms with Gasteiger partial charge in [0.2, 0.25) is 0 Å². The Morgan fingerprint density at radius 3 is 2.71 bits per heavy atom. The molecule has 17 heavy (non-hydrogen) atoms. The van der Waals surface area contributed by atoms with Crippen LogP contribution >= 0.6 is 0 Å². The van der Waals surface area contributed by atoms with Gasteiger partial charge in [0, 0.05) is 11.7 Å². The first-order valence-electron chi connectivity index (χ1n) is 7.09. The predicted molar refractivity (Wildman–Crippen MR) is 71.1 cm³/mol. The molecule has 0 aliphatic heterocycles. The molecule has 2 unspecified atom stereocenters. The second kappa shape index (κ2) is 5.67. The van der Waals surface area contributed by atoms with Crippen LogP contribution in [0.2, 0.25) is 0 Å². The maximum Gasteiger partial charge on any atom is 0.0673 e. The molecule has 0 spiro atoms. The molecule has 0 amide bonds. The molecular weight excluding hydrogens is 210 g/mol. The van der Waals surface area contributed by atoms with Crippen molar-refractivity contribution in [2.24, 2.45) is 5.73 Å². The Labute approximate surface area is 104 Å². The zero-order valence-corrected chi connectivity index (χ0v) is 11.2. The third kappa shape index (κ3) is 2.71. The van der Waals surface area contributed by atoms with Gasteiger partial charge in [-0.1, -0.05) is 33.1 Å². The highest BCUT2D eigenvalue weighted by atomic mass is 15.3. The van der Waals surface area contributed by atoms with Gasteiger partial charge in [0.1, 0.15) is 0 Å². The van der Waals surface area contributed by atoms with E-state index < -0.39 is 0 Å². The first kappa shape index (κ1) is 12.6. The number of rotatable bonds is 3. The summed E-state index contributed by atoms with van der Waals surface area (Å²) >= 11 is 0. The van der Waals surface area contributed by atoms with Crippen molar-refractivity contribution in [2.45, 2.75) is 70.9 Å². The summed E-state index contributed by atoms with van der Waals surface area (Å²) in [5.74, 6) is 0. The quantitative estimate of drug-likeness (QED) is 0.819. The summed E-state index contributed by atoms with van der Waals surface area (Å²) < 4.78 is 2.23. The van der Waals surface area contributed by atoms with E-state index in [1.54, 1.807) is 0 Å². The Balaban J connectivity index is 2.26. The van der Waals surface area contributed by atoms with Crippen molar-refractivity contribution in [2.75, 3.05) is 0 Å². The molecule has 0 aromatic carbocycles. The molecule has 2 rings (SSSR count). The molecule has 3 heteroatoms. The van der Waals surface area contributed by atoms with E-state index >= 15 is 0 Å². The number of nitrogens with zero attached hydrogens (tertiary/aromatic N) is 2. The minimum Gasteiger partial charge on any atom is -0.326 e. The van der Waals surface area contributed by atoms with Gasteiger partial charge in [0.15, 0.2) is 0 Å². The number of nitrogens with two attached hydrogens (primary N) is 1. The molecule has 1 aromatic rings. The molecule has 1 aliphatic carbocycles. The first-order chi connectivity index (χ1) is 8.26. The van der Waals surface area contributed by atoms with Crippen LogP contribution in [-0.2, 0) is 12.8 Å². The topological polar surface area (TPSA) is 43.8 Å². The Morgan fingerprint density at radius 1 is 1.24 bits per heavy atom. The molecule has 0 radical (unpaired) electrons. The summed E-state index contributed by atoms with van der Waals surface area (Å²) in [5, 5.41) is 4.75. The molecule has 3 nitrogen and oxygen atoms in total. The van der Waals surface area contributed by atoms with E-state index in [0.29, 0.717) is 6.04 Å². The molecule has 0 saturated heterocycles. The maximum atomic E-state index is 6.32. The maximum absolute atomic E-state index is 6.32. The number of aromatic nitrogens is 2. The number of aryl methyl sites for hydroxylation is 2. The summed E-state index contributed by atoms with van der Waals surface area (Å²) in [4.78, 5) is 0. The standard InChI is InChI=1S/C14H25N3/c1-3-11-10-12(4-2)17(16-11)14-9-7-5-6-8-13(14)15/h10,13-14H,3-9,15H2,1-2H3. The smallest absolute Gasteiger partial charge is 0.0673 e. The molecule has 1 saturated carbocycles. The lowest BCUT2D eigenvalue weighted by Gasteiger charge is -2.23. The normalized spacial score (nSPS) is 25.8. The van der Waals surface area contributed by atoms with Gasteiger partial charge in [0.25, 0.3) is 0 Å². The van der Waals surface area contributed by atoms with Crippen LogP contribution in [0.4, 0.5) is 0 Å². The van der Waals surface area contributed by atoms with Crippen molar-refractivity contribution in [3.8, 4) is 0 Å². The monoisotopic (exact) mass is 235 g/mol. The molecule has 1 heterocycles. The highest BCUT2D eigenvalue weighted by Gasteiger charge is 2.24. The van der Waals surface area contributed by atoms with Crippen molar-refractivity contribution in [3.05, 3.63) is 17.5 Å². The van der Waals surface area contributed by atoms with Crippen LogP contribution in [0.25, 0.3) is 0 Å². The number of hydrogen-bond acceptors (Lipinski definition) is 2. The lowest BCUT2D eigenvalue weighted by atomic mass is 10.0. The lowest BCUT2D eigenvalue weighted by molar-refractivity contribution is 0.348. The van der Waals surface area contributed by atoms with Crippen molar-refractivity contribution >= 4 is 0 Å². The van der Waals surface area contributed by atoms with Gasteiger partial charge >= 0.3 is 0 Å². The molecular formula is C14H25N3. The SMILES string of the molecule is CCc1cc(CC)n(C2CCCCCC2N)n1. The summed E-state index contributed by atoms with van der Waals surface area (Å²) in [7, 11) is 0. The van der Waals surface area contributed by atoms with E-state index in [2.05, 4.69) is 24.6 Å². The molecule has 96 valence electrons. The Morgan fingerprint density at radius 2 is 2.00 bits per heavy atom. The van der Waals surface area contributed by atoms with E-state index in [9.17, 15) is 0 Å². The summed E-state index contributed by atoms with van der Waals surface area (Å²) in [6, 6.07) is 2.96. The Hall–Kier alpha value is -0.830. The fourth-order valence-electron chi connectivity index (χ4n) is 2.83. The second-order valence-corrected chi connectivity index (χ2v) is 5.15. The largest absolute Gasteiger partial charge is 0.326 e. The lowest BCUT2D eigenvalue weighted by Crippen LogP contribution is -2.32. The van der Waals surface area contributed by atoms with Gasteiger partial charge in [-0.25, -0.2) is 0 Å². The van der Waals surface area contributed by atoms with E-state index in [1.165, 1.54) is 37.1 Å². The molecule has 0 bridgehead atoms. The van der Waals surface area contributed by atoms with Gasteiger partial charge in [-0.3, -0.25) is 4.68 Å². The predicted octanol–water partition coefficient (Wildman–Crippen LogP) is 2.84. The fraction of sp³-hybridized carbons (Fsp3) is 0.786.